The first-order valence-electron chi connectivity index (χ1n) is 5.06. The third-order valence-corrected chi connectivity index (χ3v) is 2.99. The third-order valence-electron chi connectivity index (χ3n) is 2.99. The topological polar surface area (TPSA) is 76.7 Å². The highest BCUT2D eigenvalue weighted by atomic mass is 35.5. The summed E-state index contributed by atoms with van der Waals surface area (Å²) in [7, 11) is 0. The van der Waals surface area contributed by atoms with Gasteiger partial charge in [0, 0.05) is 18.3 Å². The van der Waals surface area contributed by atoms with Crippen LogP contribution in [0, 0.1) is 0 Å². The van der Waals surface area contributed by atoms with E-state index in [2.05, 4.69) is 9.97 Å². The number of rotatable bonds is 1. The number of H-pyrrole nitrogens is 1. The van der Waals surface area contributed by atoms with E-state index in [1.807, 2.05) is 12.1 Å². The molecule has 5 nitrogen and oxygen atoms in total. The standard InChI is InChI=1S/C10H12N4O.2ClH/c11-6-4-7(5-6)14-9-8(13-10(14)15)2-1-3-12-9;;/h1-3,6-7H,4-5,11H2,(H,13,15);2*1H/t6-,7-;;. The molecule has 2 aromatic heterocycles. The molecule has 1 saturated carbocycles. The first-order valence-corrected chi connectivity index (χ1v) is 5.06. The molecule has 1 aliphatic carbocycles. The lowest BCUT2D eigenvalue weighted by molar-refractivity contribution is 0.266. The van der Waals surface area contributed by atoms with E-state index in [0.717, 1.165) is 24.0 Å². The van der Waals surface area contributed by atoms with Crippen LogP contribution in [0.4, 0.5) is 0 Å². The van der Waals surface area contributed by atoms with Crippen molar-refractivity contribution in [3.8, 4) is 0 Å². The molecule has 2 aromatic rings. The number of pyridine rings is 1. The molecule has 0 aromatic carbocycles. The molecule has 0 saturated heterocycles. The van der Waals surface area contributed by atoms with Gasteiger partial charge < -0.3 is 10.7 Å². The molecule has 94 valence electrons. The second-order valence-electron chi connectivity index (χ2n) is 4.06. The largest absolute Gasteiger partial charge is 0.328 e. The molecule has 0 unspecified atom stereocenters. The number of nitrogens with two attached hydrogens (primary N) is 1. The van der Waals surface area contributed by atoms with Crippen molar-refractivity contribution in [1.82, 2.24) is 14.5 Å². The normalized spacial score (nSPS) is 22.4. The predicted octanol–water partition coefficient (Wildman–Crippen LogP) is 1.23. The summed E-state index contributed by atoms with van der Waals surface area (Å²) >= 11 is 0. The quantitative estimate of drug-likeness (QED) is 0.823. The van der Waals surface area contributed by atoms with E-state index in [-0.39, 0.29) is 42.6 Å². The number of fused-ring (bicyclic) bond motifs is 1. The highest BCUT2D eigenvalue weighted by Crippen LogP contribution is 2.31. The molecule has 0 atom stereocenters. The summed E-state index contributed by atoms with van der Waals surface area (Å²) in [5.74, 6) is 0. The third kappa shape index (κ3) is 2.18. The second-order valence-corrected chi connectivity index (χ2v) is 4.06. The van der Waals surface area contributed by atoms with Crippen LogP contribution in [0.5, 0.6) is 0 Å². The van der Waals surface area contributed by atoms with Gasteiger partial charge in [0.2, 0.25) is 0 Å². The number of nitrogens with zero attached hydrogens (tertiary/aromatic N) is 2. The van der Waals surface area contributed by atoms with Crippen LogP contribution in [-0.4, -0.2) is 20.6 Å². The van der Waals surface area contributed by atoms with Gasteiger partial charge in [-0.1, -0.05) is 0 Å². The van der Waals surface area contributed by atoms with Crippen LogP contribution in [0.3, 0.4) is 0 Å². The Labute approximate surface area is 110 Å². The van der Waals surface area contributed by atoms with Crippen LogP contribution in [0.1, 0.15) is 18.9 Å². The summed E-state index contributed by atoms with van der Waals surface area (Å²) in [6, 6.07) is 4.13. The zero-order valence-electron chi connectivity index (χ0n) is 9.00. The Hall–Kier alpha value is -1.04. The minimum absolute atomic E-state index is 0. The smallest absolute Gasteiger partial charge is 0.327 e. The molecule has 0 spiro atoms. The first-order chi connectivity index (χ1) is 7.25. The Kier molecular flexibility index (Phi) is 4.19. The fraction of sp³-hybridized carbons (Fsp3) is 0.400. The maximum atomic E-state index is 11.7. The van der Waals surface area contributed by atoms with Crippen molar-refractivity contribution in [2.75, 3.05) is 0 Å². The number of halogens is 2. The first kappa shape index (κ1) is 14.0. The SMILES string of the molecule is Cl.Cl.N[C@H]1C[C@H](n2c(=O)[nH]c3cccnc32)C1. The molecule has 17 heavy (non-hydrogen) atoms. The Balaban J connectivity index is 0.000000722. The van der Waals surface area contributed by atoms with Crippen LogP contribution in [0.15, 0.2) is 23.1 Å². The second kappa shape index (κ2) is 5.08. The number of hydrogen-bond donors (Lipinski definition) is 2. The zero-order valence-corrected chi connectivity index (χ0v) is 10.6. The van der Waals surface area contributed by atoms with E-state index >= 15 is 0 Å². The molecule has 0 bridgehead atoms. The van der Waals surface area contributed by atoms with E-state index < -0.39 is 0 Å². The van der Waals surface area contributed by atoms with Gasteiger partial charge in [0.05, 0.1) is 5.52 Å². The molecule has 3 N–H and O–H groups in total. The van der Waals surface area contributed by atoms with Gasteiger partial charge in [-0.05, 0) is 25.0 Å². The van der Waals surface area contributed by atoms with Crippen LogP contribution >= 0.6 is 24.8 Å². The van der Waals surface area contributed by atoms with Gasteiger partial charge in [-0.25, -0.2) is 9.78 Å². The zero-order chi connectivity index (χ0) is 10.4. The monoisotopic (exact) mass is 276 g/mol. The molecule has 2 heterocycles. The maximum absolute atomic E-state index is 11.7. The van der Waals surface area contributed by atoms with Crippen molar-refractivity contribution < 1.29 is 0 Å². The number of aromatic nitrogens is 3. The van der Waals surface area contributed by atoms with Gasteiger partial charge in [0.1, 0.15) is 0 Å². The fourth-order valence-electron chi connectivity index (χ4n) is 2.14. The lowest BCUT2D eigenvalue weighted by Crippen LogP contribution is -2.40. The summed E-state index contributed by atoms with van der Waals surface area (Å²) in [5, 5.41) is 0. The van der Waals surface area contributed by atoms with E-state index in [1.165, 1.54) is 0 Å². The lowest BCUT2D eigenvalue weighted by Gasteiger charge is -2.32. The Morgan fingerprint density at radius 3 is 2.76 bits per heavy atom. The van der Waals surface area contributed by atoms with E-state index in [9.17, 15) is 4.79 Å². The Morgan fingerprint density at radius 1 is 1.41 bits per heavy atom. The Morgan fingerprint density at radius 2 is 2.12 bits per heavy atom. The number of aromatic amines is 1. The summed E-state index contributed by atoms with van der Waals surface area (Å²) in [6.45, 7) is 0. The molecule has 0 radical (unpaired) electrons. The van der Waals surface area contributed by atoms with Crippen LogP contribution in [0.25, 0.3) is 11.2 Å². The van der Waals surface area contributed by atoms with Crippen molar-refractivity contribution >= 4 is 36.0 Å². The Bertz CT molecular complexity index is 559. The van der Waals surface area contributed by atoms with Gasteiger partial charge >= 0.3 is 5.69 Å². The average Bonchev–Trinajstić information content (AvgIpc) is 2.49. The molecule has 1 fully saturated rings. The van der Waals surface area contributed by atoms with Gasteiger partial charge in [-0.15, -0.1) is 24.8 Å². The average molecular weight is 277 g/mol. The summed E-state index contributed by atoms with van der Waals surface area (Å²) < 4.78 is 1.72. The van der Waals surface area contributed by atoms with Gasteiger partial charge in [-0.2, -0.15) is 0 Å². The lowest BCUT2D eigenvalue weighted by atomic mass is 9.87. The molecule has 7 heteroatoms. The molecular formula is C10H14Cl2N4O. The van der Waals surface area contributed by atoms with Gasteiger partial charge in [0.25, 0.3) is 0 Å². The number of hydrogen-bond acceptors (Lipinski definition) is 3. The molecule has 3 rings (SSSR count). The van der Waals surface area contributed by atoms with Crippen molar-refractivity contribution in [3.63, 3.8) is 0 Å². The van der Waals surface area contributed by atoms with Crippen molar-refractivity contribution in [2.24, 2.45) is 5.73 Å². The minimum Gasteiger partial charge on any atom is -0.328 e. The minimum atomic E-state index is -0.0828. The summed E-state index contributed by atoms with van der Waals surface area (Å²) in [4.78, 5) is 18.7. The van der Waals surface area contributed by atoms with E-state index in [0.29, 0.717) is 0 Å². The van der Waals surface area contributed by atoms with Crippen molar-refractivity contribution in [2.45, 2.75) is 24.9 Å². The highest BCUT2D eigenvalue weighted by molar-refractivity contribution is 5.85. The van der Waals surface area contributed by atoms with Gasteiger partial charge in [0.15, 0.2) is 5.65 Å². The van der Waals surface area contributed by atoms with Crippen LogP contribution in [-0.2, 0) is 0 Å². The molecule has 1 aliphatic rings. The van der Waals surface area contributed by atoms with Crippen LogP contribution in [0.2, 0.25) is 0 Å². The predicted molar refractivity (Wildman–Crippen MR) is 71.1 cm³/mol. The van der Waals surface area contributed by atoms with Gasteiger partial charge in [-0.3, -0.25) is 4.57 Å². The number of nitrogens with one attached hydrogen (secondary N) is 1. The fourth-order valence-corrected chi connectivity index (χ4v) is 2.14. The maximum Gasteiger partial charge on any atom is 0.327 e. The van der Waals surface area contributed by atoms with E-state index in [1.54, 1.807) is 10.8 Å². The molecule has 0 amide bonds. The summed E-state index contributed by atoms with van der Waals surface area (Å²) in [6.07, 6.45) is 3.43. The summed E-state index contributed by atoms with van der Waals surface area (Å²) in [5.41, 5.74) is 7.17. The van der Waals surface area contributed by atoms with Crippen molar-refractivity contribution in [3.05, 3.63) is 28.8 Å². The van der Waals surface area contributed by atoms with E-state index in [4.69, 9.17) is 5.73 Å². The molecule has 0 aliphatic heterocycles. The number of imidazole rings is 1. The van der Waals surface area contributed by atoms with Crippen LogP contribution < -0.4 is 11.4 Å². The highest BCUT2D eigenvalue weighted by Gasteiger charge is 2.30. The molecular weight excluding hydrogens is 263 g/mol. The van der Waals surface area contributed by atoms with Crippen molar-refractivity contribution in [1.29, 1.82) is 0 Å².